The van der Waals surface area contributed by atoms with Gasteiger partial charge in [0.25, 0.3) is 0 Å². The van der Waals surface area contributed by atoms with E-state index in [1.165, 1.54) is 0 Å². The van der Waals surface area contributed by atoms with E-state index in [0.29, 0.717) is 13.0 Å². The molecule has 1 fully saturated rings. The van der Waals surface area contributed by atoms with Gasteiger partial charge in [0.15, 0.2) is 0 Å². The van der Waals surface area contributed by atoms with Crippen molar-refractivity contribution in [2.24, 2.45) is 0 Å². The lowest BCUT2D eigenvalue weighted by molar-refractivity contribution is -0.148. The maximum Gasteiger partial charge on any atom is 0.326 e. The summed E-state index contributed by atoms with van der Waals surface area (Å²) in [5.74, 6) is 0.455. The van der Waals surface area contributed by atoms with Gasteiger partial charge in [0, 0.05) is 24.6 Å². The van der Waals surface area contributed by atoms with Crippen molar-refractivity contribution in [1.29, 1.82) is 0 Å². The lowest BCUT2D eigenvalue weighted by Crippen LogP contribution is -2.26. The van der Waals surface area contributed by atoms with Crippen LogP contribution < -0.4 is 4.90 Å². The van der Waals surface area contributed by atoms with E-state index >= 15 is 0 Å². The van der Waals surface area contributed by atoms with Crippen LogP contribution in [0.25, 0.3) is 11.0 Å². The summed E-state index contributed by atoms with van der Waals surface area (Å²) in [6.45, 7) is 8.40. The van der Waals surface area contributed by atoms with E-state index in [-0.39, 0.29) is 30.4 Å². The summed E-state index contributed by atoms with van der Waals surface area (Å²) in [6, 6.07) is 13.8. The van der Waals surface area contributed by atoms with Gasteiger partial charge in [-0.25, -0.2) is 4.98 Å². The summed E-state index contributed by atoms with van der Waals surface area (Å²) in [6.07, 6.45) is 0.194. The molecule has 30 heavy (non-hydrogen) atoms. The first-order valence-corrected chi connectivity index (χ1v) is 10.4. The van der Waals surface area contributed by atoms with Gasteiger partial charge in [-0.15, -0.1) is 0 Å². The lowest BCUT2D eigenvalue weighted by Gasteiger charge is -2.20. The Labute approximate surface area is 176 Å². The van der Waals surface area contributed by atoms with Crippen LogP contribution in [0.1, 0.15) is 43.1 Å². The number of hydrogen-bond donors (Lipinski definition) is 0. The van der Waals surface area contributed by atoms with Crippen molar-refractivity contribution in [2.75, 3.05) is 11.4 Å². The van der Waals surface area contributed by atoms with Gasteiger partial charge in [0.2, 0.25) is 5.91 Å². The van der Waals surface area contributed by atoms with Crippen LogP contribution in [0.15, 0.2) is 42.5 Å². The van der Waals surface area contributed by atoms with Crippen LogP contribution >= 0.6 is 0 Å². The van der Waals surface area contributed by atoms with Crippen LogP contribution in [0.3, 0.4) is 0 Å². The molecule has 0 aliphatic carbocycles. The molecule has 1 saturated heterocycles. The molecule has 2 heterocycles. The first kappa shape index (κ1) is 20.1. The largest absolute Gasteiger partial charge is 0.462 e. The minimum atomic E-state index is -0.301. The highest BCUT2D eigenvalue weighted by molar-refractivity contribution is 5.97. The predicted molar refractivity (Wildman–Crippen MR) is 117 cm³/mol. The first-order chi connectivity index (χ1) is 14.3. The molecule has 3 aromatic rings. The average molecular weight is 405 g/mol. The Bertz CT molecular complexity index is 1120. The van der Waals surface area contributed by atoms with Crippen LogP contribution in [0, 0.1) is 13.8 Å². The highest BCUT2D eigenvalue weighted by atomic mass is 16.5. The van der Waals surface area contributed by atoms with E-state index in [9.17, 15) is 9.59 Å². The third kappa shape index (κ3) is 3.70. The van der Waals surface area contributed by atoms with Gasteiger partial charge >= 0.3 is 5.97 Å². The Hall–Kier alpha value is -3.15. The molecule has 1 atom stereocenters. The summed E-state index contributed by atoms with van der Waals surface area (Å²) in [5.41, 5.74) is 4.92. The SMILES string of the molecule is Cc1cccc(N2CC(c3nc4ccccc4n3CC(=O)OC(C)C)CC2=O)c1C. The Balaban J connectivity index is 1.69. The monoisotopic (exact) mass is 405 g/mol. The number of carbonyl (C=O) groups excluding carboxylic acids is 2. The van der Waals surface area contributed by atoms with Gasteiger partial charge in [-0.1, -0.05) is 24.3 Å². The van der Waals surface area contributed by atoms with Crippen molar-refractivity contribution in [2.45, 2.75) is 52.7 Å². The van der Waals surface area contributed by atoms with Crippen molar-refractivity contribution >= 4 is 28.6 Å². The molecule has 0 saturated carbocycles. The van der Waals surface area contributed by atoms with Crippen molar-refractivity contribution in [3.05, 3.63) is 59.4 Å². The number of amides is 1. The zero-order valence-corrected chi connectivity index (χ0v) is 17.9. The third-order valence-corrected chi connectivity index (χ3v) is 5.70. The van der Waals surface area contributed by atoms with Crippen LogP contribution in [-0.4, -0.2) is 34.1 Å². The number of esters is 1. The molecule has 2 aromatic carbocycles. The van der Waals surface area contributed by atoms with E-state index < -0.39 is 0 Å². The molecule has 1 aliphatic heterocycles. The number of imidazole rings is 1. The molecular weight excluding hydrogens is 378 g/mol. The molecule has 0 bridgehead atoms. The molecule has 1 unspecified atom stereocenters. The zero-order chi connectivity index (χ0) is 21.4. The van der Waals surface area contributed by atoms with Crippen molar-refractivity contribution in [3.8, 4) is 0 Å². The number of ether oxygens (including phenoxy) is 1. The zero-order valence-electron chi connectivity index (χ0n) is 17.9. The molecule has 6 heteroatoms. The summed E-state index contributed by atoms with van der Waals surface area (Å²) in [7, 11) is 0. The van der Waals surface area contributed by atoms with Gasteiger partial charge in [-0.05, 0) is 57.0 Å². The Morgan fingerprint density at radius 2 is 1.93 bits per heavy atom. The van der Waals surface area contributed by atoms with Gasteiger partial charge in [0.05, 0.1) is 17.1 Å². The quantitative estimate of drug-likeness (QED) is 0.599. The fraction of sp³-hybridized carbons (Fsp3) is 0.375. The highest BCUT2D eigenvalue weighted by Gasteiger charge is 2.35. The Kier molecular flexibility index (Phi) is 5.33. The highest BCUT2D eigenvalue weighted by Crippen LogP contribution is 2.35. The second-order valence-corrected chi connectivity index (χ2v) is 8.21. The number of fused-ring (bicyclic) bond motifs is 1. The van der Waals surface area contributed by atoms with Crippen LogP contribution in [0.5, 0.6) is 0 Å². The maximum absolute atomic E-state index is 12.9. The molecule has 1 aliphatic rings. The summed E-state index contributed by atoms with van der Waals surface area (Å²) in [4.78, 5) is 32.0. The number of anilines is 1. The number of benzene rings is 2. The van der Waals surface area contributed by atoms with Gasteiger partial charge in [-0.2, -0.15) is 0 Å². The van der Waals surface area contributed by atoms with E-state index in [4.69, 9.17) is 9.72 Å². The van der Waals surface area contributed by atoms with E-state index in [1.807, 2.05) is 66.6 Å². The van der Waals surface area contributed by atoms with Crippen LogP contribution in [0.2, 0.25) is 0 Å². The summed E-state index contributed by atoms with van der Waals surface area (Å²) < 4.78 is 7.27. The molecule has 6 nitrogen and oxygen atoms in total. The van der Waals surface area contributed by atoms with Crippen molar-refractivity contribution in [1.82, 2.24) is 9.55 Å². The molecular formula is C24H27N3O3. The molecule has 0 radical (unpaired) electrons. The third-order valence-electron chi connectivity index (χ3n) is 5.70. The van der Waals surface area contributed by atoms with Crippen LogP contribution in [0.4, 0.5) is 5.69 Å². The average Bonchev–Trinajstić information content (AvgIpc) is 3.24. The molecule has 156 valence electrons. The second-order valence-electron chi connectivity index (χ2n) is 8.21. The minimum absolute atomic E-state index is 0.0806. The molecule has 1 aromatic heterocycles. The van der Waals surface area contributed by atoms with Gasteiger partial charge in [-0.3, -0.25) is 9.59 Å². The predicted octanol–water partition coefficient (Wildman–Crippen LogP) is 4.13. The lowest BCUT2D eigenvalue weighted by atomic mass is 10.1. The smallest absolute Gasteiger partial charge is 0.326 e. The van der Waals surface area contributed by atoms with E-state index in [2.05, 4.69) is 13.0 Å². The van der Waals surface area contributed by atoms with Gasteiger partial charge in [0.1, 0.15) is 12.4 Å². The molecule has 0 spiro atoms. The Morgan fingerprint density at radius 3 is 2.70 bits per heavy atom. The fourth-order valence-corrected chi connectivity index (χ4v) is 4.14. The summed E-state index contributed by atoms with van der Waals surface area (Å²) >= 11 is 0. The molecule has 1 amide bonds. The van der Waals surface area contributed by atoms with Crippen molar-refractivity contribution in [3.63, 3.8) is 0 Å². The molecule has 0 N–H and O–H groups in total. The number of carbonyl (C=O) groups is 2. The molecule has 4 rings (SSSR count). The number of rotatable bonds is 5. The number of para-hydroxylation sites is 2. The maximum atomic E-state index is 12.9. The minimum Gasteiger partial charge on any atom is -0.462 e. The second kappa shape index (κ2) is 7.94. The van der Waals surface area contributed by atoms with Crippen molar-refractivity contribution < 1.29 is 14.3 Å². The topological polar surface area (TPSA) is 64.4 Å². The Morgan fingerprint density at radius 1 is 1.17 bits per heavy atom. The first-order valence-electron chi connectivity index (χ1n) is 10.4. The standard InChI is InChI=1S/C24H27N3O3/c1-15(2)30-23(29)14-27-21-10-6-5-9-19(21)25-24(27)18-12-22(28)26(13-18)20-11-7-8-16(3)17(20)4/h5-11,15,18H,12-14H2,1-4H3. The van der Waals surface area contributed by atoms with E-state index in [0.717, 1.165) is 33.7 Å². The number of nitrogens with zero attached hydrogens (tertiary/aromatic N) is 3. The number of aryl methyl sites for hydroxylation is 1. The van der Waals surface area contributed by atoms with Gasteiger partial charge < -0.3 is 14.2 Å². The summed E-state index contributed by atoms with van der Waals surface area (Å²) in [5, 5.41) is 0. The van der Waals surface area contributed by atoms with Crippen LogP contribution in [-0.2, 0) is 20.9 Å². The van der Waals surface area contributed by atoms with E-state index in [1.54, 1.807) is 0 Å². The fourth-order valence-electron chi connectivity index (χ4n) is 4.14. The number of hydrogen-bond acceptors (Lipinski definition) is 4. The number of aromatic nitrogens is 2. The normalized spacial score (nSPS) is 16.6.